The maximum absolute atomic E-state index is 12.7. The molecule has 2 saturated heterocycles. The number of nitrogens with one attached hydrogen (secondary N) is 1. The van der Waals surface area contributed by atoms with E-state index in [1.54, 1.807) is 0 Å². The molecular weight excluding hydrogens is 420 g/mol. The quantitative estimate of drug-likeness (QED) is 0.393. The normalized spacial score (nSPS) is 18.5. The molecule has 186 valence electrons. The fraction of sp³-hybridized carbons (Fsp3) is 0.586. The number of amides is 1. The zero-order valence-electron chi connectivity index (χ0n) is 21.6. The summed E-state index contributed by atoms with van der Waals surface area (Å²) in [6, 6.07) is 8.41. The summed E-state index contributed by atoms with van der Waals surface area (Å²) in [5, 5.41) is 3.20. The third-order valence-electron chi connectivity index (χ3n) is 7.07. The molecule has 0 aliphatic carbocycles. The summed E-state index contributed by atoms with van der Waals surface area (Å²) in [5.74, 6) is 0.382. The Morgan fingerprint density at radius 2 is 1.85 bits per heavy atom. The first kappa shape index (κ1) is 26.4. The number of nitrogens with zero attached hydrogens (tertiary/aromatic N) is 3. The SMILES string of the molecule is C=C/C(=N\C(CN1CCC(C(=O)NCCCN2CCCCC2)CC1)=C(C)C)c1cccc(C)c1. The van der Waals surface area contributed by atoms with Crippen LogP contribution in [0.4, 0.5) is 0 Å². The Balaban J connectivity index is 1.45. The number of carbonyl (C=O) groups excluding carboxylic acids is 1. The summed E-state index contributed by atoms with van der Waals surface area (Å²) in [6.07, 6.45) is 8.76. The molecule has 0 spiro atoms. The van der Waals surface area contributed by atoms with E-state index in [4.69, 9.17) is 4.99 Å². The minimum absolute atomic E-state index is 0.140. The lowest BCUT2D eigenvalue weighted by atomic mass is 9.95. The van der Waals surface area contributed by atoms with Crippen molar-refractivity contribution in [1.29, 1.82) is 0 Å². The number of hydrogen-bond donors (Lipinski definition) is 1. The van der Waals surface area contributed by atoms with E-state index in [1.807, 2.05) is 6.08 Å². The van der Waals surface area contributed by atoms with Gasteiger partial charge in [-0.1, -0.05) is 42.3 Å². The number of likely N-dealkylation sites (tertiary alicyclic amines) is 2. The van der Waals surface area contributed by atoms with Crippen molar-refractivity contribution in [3.05, 3.63) is 59.3 Å². The van der Waals surface area contributed by atoms with E-state index in [-0.39, 0.29) is 11.8 Å². The smallest absolute Gasteiger partial charge is 0.223 e. The number of aliphatic imine (C=N–C) groups is 1. The molecule has 0 saturated carbocycles. The van der Waals surface area contributed by atoms with Gasteiger partial charge in [-0.2, -0.15) is 0 Å². The molecule has 0 atom stereocenters. The Bertz CT molecular complexity index is 870. The van der Waals surface area contributed by atoms with Crippen LogP contribution in [0.1, 0.15) is 63.5 Å². The fourth-order valence-electron chi connectivity index (χ4n) is 4.89. The second-order valence-electron chi connectivity index (χ2n) is 10.1. The Kier molecular flexibility index (Phi) is 10.5. The van der Waals surface area contributed by atoms with Crippen LogP contribution in [0.3, 0.4) is 0 Å². The first-order chi connectivity index (χ1) is 16.5. The number of rotatable bonds is 10. The molecule has 0 radical (unpaired) electrons. The van der Waals surface area contributed by atoms with Gasteiger partial charge in [0.15, 0.2) is 0 Å². The largest absolute Gasteiger partial charge is 0.356 e. The van der Waals surface area contributed by atoms with Crippen LogP contribution in [-0.4, -0.2) is 67.2 Å². The van der Waals surface area contributed by atoms with Gasteiger partial charge < -0.3 is 10.2 Å². The molecular formula is C29H44N4O. The summed E-state index contributed by atoms with van der Waals surface area (Å²) in [6.45, 7) is 17.4. The van der Waals surface area contributed by atoms with Crippen LogP contribution in [-0.2, 0) is 4.79 Å². The average molecular weight is 465 g/mol. The van der Waals surface area contributed by atoms with Crippen LogP contribution in [0.2, 0.25) is 0 Å². The van der Waals surface area contributed by atoms with E-state index < -0.39 is 0 Å². The topological polar surface area (TPSA) is 47.9 Å². The maximum Gasteiger partial charge on any atom is 0.223 e. The molecule has 1 aromatic rings. The molecule has 5 heteroatoms. The van der Waals surface area contributed by atoms with Crippen molar-refractivity contribution < 1.29 is 4.79 Å². The van der Waals surface area contributed by atoms with Gasteiger partial charge in [0.25, 0.3) is 0 Å². The predicted molar refractivity (Wildman–Crippen MR) is 143 cm³/mol. The molecule has 0 bridgehead atoms. The van der Waals surface area contributed by atoms with Crippen molar-refractivity contribution in [2.75, 3.05) is 45.8 Å². The Labute approximate surface area is 207 Å². The van der Waals surface area contributed by atoms with Gasteiger partial charge in [-0.3, -0.25) is 14.7 Å². The average Bonchev–Trinajstić information content (AvgIpc) is 2.85. The van der Waals surface area contributed by atoms with Crippen LogP contribution in [0, 0.1) is 12.8 Å². The van der Waals surface area contributed by atoms with Gasteiger partial charge in [-0.05, 0) is 97.7 Å². The van der Waals surface area contributed by atoms with Crippen molar-refractivity contribution in [3.63, 3.8) is 0 Å². The first-order valence-electron chi connectivity index (χ1n) is 13.1. The summed E-state index contributed by atoms with van der Waals surface area (Å²) in [7, 11) is 0. The summed E-state index contributed by atoms with van der Waals surface area (Å²) >= 11 is 0. The van der Waals surface area contributed by atoms with Crippen LogP contribution in [0.5, 0.6) is 0 Å². The number of piperidine rings is 2. The second kappa shape index (κ2) is 13.6. The summed E-state index contributed by atoms with van der Waals surface area (Å²) < 4.78 is 0. The Morgan fingerprint density at radius 3 is 2.50 bits per heavy atom. The molecule has 1 amide bonds. The van der Waals surface area contributed by atoms with E-state index in [0.29, 0.717) is 0 Å². The highest BCUT2D eigenvalue weighted by Crippen LogP contribution is 2.20. The van der Waals surface area contributed by atoms with E-state index in [9.17, 15) is 4.79 Å². The first-order valence-corrected chi connectivity index (χ1v) is 13.1. The molecule has 2 heterocycles. The van der Waals surface area contributed by atoms with Crippen LogP contribution in [0.15, 0.2) is 53.2 Å². The van der Waals surface area contributed by atoms with Gasteiger partial charge >= 0.3 is 0 Å². The highest BCUT2D eigenvalue weighted by Gasteiger charge is 2.25. The predicted octanol–water partition coefficient (Wildman–Crippen LogP) is 4.97. The number of allylic oxidation sites excluding steroid dienone is 2. The zero-order valence-corrected chi connectivity index (χ0v) is 21.6. The number of aryl methyl sites for hydroxylation is 1. The lowest BCUT2D eigenvalue weighted by molar-refractivity contribution is -0.126. The Morgan fingerprint density at radius 1 is 1.12 bits per heavy atom. The molecule has 0 unspecified atom stereocenters. The van der Waals surface area contributed by atoms with E-state index >= 15 is 0 Å². The minimum atomic E-state index is 0.140. The van der Waals surface area contributed by atoms with E-state index in [1.165, 1.54) is 43.5 Å². The third kappa shape index (κ3) is 8.21. The number of hydrogen-bond acceptors (Lipinski definition) is 4. The van der Waals surface area contributed by atoms with Crippen molar-refractivity contribution >= 4 is 11.6 Å². The van der Waals surface area contributed by atoms with Gasteiger partial charge in [-0.25, -0.2) is 0 Å². The minimum Gasteiger partial charge on any atom is -0.356 e. The van der Waals surface area contributed by atoms with Gasteiger partial charge in [0.2, 0.25) is 5.91 Å². The summed E-state index contributed by atoms with van der Waals surface area (Å²) in [5.41, 5.74) is 5.55. The second-order valence-corrected chi connectivity index (χ2v) is 10.1. The number of benzene rings is 1. The molecule has 1 N–H and O–H groups in total. The van der Waals surface area contributed by atoms with Crippen molar-refractivity contribution in [2.45, 2.75) is 59.3 Å². The van der Waals surface area contributed by atoms with Crippen molar-refractivity contribution in [1.82, 2.24) is 15.1 Å². The molecule has 0 aromatic heterocycles. The molecule has 5 nitrogen and oxygen atoms in total. The van der Waals surface area contributed by atoms with Crippen LogP contribution < -0.4 is 5.32 Å². The van der Waals surface area contributed by atoms with Crippen molar-refractivity contribution in [2.24, 2.45) is 10.9 Å². The lowest BCUT2D eigenvalue weighted by Crippen LogP contribution is -2.41. The van der Waals surface area contributed by atoms with E-state index in [0.717, 1.165) is 69.0 Å². The molecule has 2 aliphatic heterocycles. The van der Waals surface area contributed by atoms with Gasteiger partial charge in [-0.15, -0.1) is 0 Å². The van der Waals surface area contributed by atoms with Gasteiger partial charge in [0, 0.05) is 24.6 Å². The van der Waals surface area contributed by atoms with Gasteiger partial charge in [0.05, 0.1) is 11.4 Å². The number of carbonyl (C=O) groups is 1. The monoisotopic (exact) mass is 464 g/mol. The highest BCUT2D eigenvalue weighted by atomic mass is 16.1. The standard InChI is InChI=1S/C29H44N4O/c1-5-27(26-12-9-11-24(4)21-26)31-28(23(2)3)22-33-19-13-25(14-20-33)29(34)30-15-10-18-32-16-7-6-8-17-32/h5,9,11-12,21,25H,1,6-8,10,13-20,22H2,2-4H3,(H,30,34)/b31-27+. The maximum atomic E-state index is 12.7. The fourth-order valence-corrected chi connectivity index (χ4v) is 4.89. The van der Waals surface area contributed by atoms with Crippen LogP contribution in [0.25, 0.3) is 0 Å². The highest BCUT2D eigenvalue weighted by molar-refractivity contribution is 6.09. The molecule has 34 heavy (non-hydrogen) atoms. The molecule has 2 fully saturated rings. The van der Waals surface area contributed by atoms with E-state index in [2.05, 4.69) is 66.7 Å². The van der Waals surface area contributed by atoms with Gasteiger partial charge in [0.1, 0.15) is 0 Å². The Hall–Kier alpha value is -2.24. The molecule has 3 rings (SSSR count). The third-order valence-corrected chi connectivity index (χ3v) is 7.07. The molecule has 2 aliphatic rings. The molecule has 1 aromatic carbocycles. The van der Waals surface area contributed by atoms with Crippen LogP contribution >= 0.6 is 0 Å². The summed E-state index contributed by atoms with van der Waals surface area (Å²) in [4.78, 5) is 22.6. The van der Waals surface area contributed by atoms with Crippen molar-refractivity contribution in [3.8, 4) is 0 Å². The lowest BCUT2D eigenvalue weighted by Gasteiger charge is -2.31. The zero-order chi connectivity index (χ0) is 24.3.